The number of carbonyl (C=O) groups is 2. The molecule has 3 rings (SSSR count). The molecule has 0 saturated carbocycles. The van der Waals surface area contributed by atoms with Crippen LogP contribution in [-0.4, -0.2) is 57.4 Å². The lowest BCUT2D eigenvalue weighted by Crippen LogP contribution is -2.28. The Morgan fingerprint density at radius 3 is 2.71 bits per heavy atom. The summed E-state index contributed by atoms with van der Waals surface area (Å²) in [6, 6.07) is 16.5. The molecule has 0 atom stereocenters. The molecule has 8 nitrogen and oxygen atoms in total. The van der Waals surface area contributed by atoms with Crippen molar-refractivity contribution < 1.29 is 14.3 Å². The molecule has 2 aromatic carbocycles. The van der Waals surface area contributed by atoms with Crippen molar-refractivity contribution in [2.24, 2.45) is 7.05 Å². The number of para-hydroxylation sites is 1. The average Bonchev–Trinajstić information content (AvgIpc) is 3.20. The molecule has 0 aliphatic carbocycles. The maximum Gasteiger partial charge on any atom is 0.253 e. The number of nitrogens with one attached hydrogen (secondary N) is 1. The minimum absolute atomic E-state index is 0.107. The van der Waals surface area contributed by atoms with E-state index in [0.717, 1.165) is 5.75 Å². The first kappa shape index (κ1) is 22.4. The van der Waals surface area contributed by atoms with Gasteiger partial charge in [-0.25, -0.2) is 0 Å². The summed E-state index contributed by atoms with van der Waals surface area (Å²) < 4.78 is 7.41. The second-order valence-corrected chi connectivity index (χ2v) is 7.83. The number of rotatable bonds is 10. The lowest BCUT2D eigenvalue weighted by Gasteiger charge is -2.18. The van der Waals surface area contributed by atoms with Crippen LogP contribution >= 0.6 is 11.8 Å². The fourth-order valence-electron chi connectivity index (χ4n) is 2.79. The number of nitrogens with zero attached hydrogens (tertiary/aromatic N) is 4. The van der Waals surface area contributed by atoms with Gasteiger partial charge in [0, 0.05) is 31.9 Å². The number of amides is 2. The number of benzene rings is 2. The highest BCUT2D eigenvalue weighted by Gasteiger charge is 2.13. The van der Waals surface area contributed by atoms with Crippen molar-refractivity contribution in [2.45, 2.75) is 11.6 Å². The summed E-state index contributed by atoms with van der Waals surface area (Å²) in [5.41, 5.74) is 1.10. The van der Waals surface area contributed by atoms with E-state index in [2.05, 4.69) is 15.5 Å². The Balaban J connectivity index is 1.46. The highest BCUT2D eigenvalue weighted by molar-refractivity contribution is 7.99. The van der Waals surface area contributed by atoms with Crippen LogP contribution in [0.1, 0.15) is 16.8 Å². The van der Waals surface area contributed by atoms with Gasteiger partial charge >= 0.3 is 0 Å². The zero-order chi connectivity index (χ0) is 22.1. The van der Waals surface area contributed by atoms with Crippen molar-refractivity contribution in [1.82, 2.24) is 19.7 Å². The molecule has 0 fully saturated rings. The molecule has 2 amide bonds. The Bertz CT molecular complexity index is 1010. The minimum Gasteiger partial charge on any atom is -0.494 e. The van der Waals surface area contributed by atoms with E-state index in [4.69, 9.17) is 4.74 Å². The first-order valence-corrected chi connectivity index (χ1v) is 10.8. The van der Waals surface area contributed by atoms with Crippen LogP contribution in [0, 0.1) is 0 Å². The van der Waals surface area contributed by atoms with E-state index < -0.39 is 0 Å². The molecule has 0 saturated heterocycles. The van der Waals surface area contributed by atoms with Gasteiger partial charge < -0.3 is 19.5 Å². The van der Waals surface area contributed by atoms with Gasteiger partial charge in [0.25, 0.3) is 5.91 Å². The van der Waals surface area contributed by atoms with Crippen molar-refractivity contribution in [2.75, 3.05) is 31.3 Å². The highest BCUT2D eigenvalue weighted by atomic mass is 32.2. The minimum atomic E-state index is -0.177. The molecule has 1 heterocycles. The van der Waals surface area contributed by atoms with Gasteiger partial charge in [0.2, 0.25) is 5.91 Å². The van der Waals surface area contributed by atoms with Gasteiger partial charge in [-0.3, -0.25) is 9.59 Å². The van der Waals surface area contributed by atoms with Crippen LogP contribution in [0.3, 0.4) is 0 Å². The van der Waals surface area contributed by atoms with Gasteiger partial charge in [0.15, 0.2) is 5.16 Å². The zero-order valence-electron chi connectivity index (χ0n) is 17.5. The summed E-state index contributed by atoms with van der Waals surface area (Å²) in [6.07, 6.45) is 2.30. The van der Waals surface area contributed by atoms with Crippen molar-refractivity contribution in [3.05, 3.63) is 66.5 Å². The Labute approximate surface area is 185 Å². The Kier molecular flexibility index (Phi) is 8.05. The smallest absolute Gasteiger partial charge is 0.253 e. The van der Waals surface area contributed by atoms with Gasteiger partial charge in [-0.2, -0.15) is 0 Å². The van der Waals surface area contributed by atoms with E-state index >= 15 is 0 Å². The monoisotopic (exact) mass is 439 g/mol. The third-order valence-electron chi connectivity index (χ3n) is 4.39. The first-order valence-electron chi connectivity index (χ1n) is 9.83. The van der Waals surface area contributed by atoms with Gasteiger partial charge in [0.1, 0.15) is 12.1 Å². The summed E-state index contributed by atoms with van der Waals surface area (Å²) in [7, 11) is 3.58. The fraction of sp³-hybridized carbons (Fsp3) is 0.273. The van der Waals surface area contributed by atoms with Crippen molar-refractivity contribution in [1.29, 1.82) is 0 Å². The molecule has 9 heteroatoms. The Hall–Kier alpha value is -3.33. The average molecular weight is 440 g/mol. The van der Waals surface area contributed by atoms with E-state index in [0.29, 0.717) is 36.0 Å². The maximum atomic E-state index is 12.7. The van der Waals surface area contributed by atoms with E-state index in [1.807, 2.05) is 37.4 Å². The molecular formula is C22H25N5O3S. The molecule has 1 aromatic heterocycles. The summed E-state index contributed by atoms with van der Waals surface area (Å²) in [5, 5.41) is 11.2. The fourth-order valence-corrected chi connectivity index (χ4v) is 3.48. The van der Waals surface area contributed by atoms with Gasteiger partial charge in [-0.1, -0.05) is 36.0 Å². The van der Waals surface area contributed by atoms with Crippen LogP contribution < -0.4 is 10.1 Å². The quantitative estimate of drug-likeness (QED) is 0.386. The summed E-state index contributed by atoms with van der Waals surface area (Å²) in [5.74, 6) is 0.733. The van der Waals surface area contributed by atoms with Crippen LogP contribution in [0.15, 0.2) is 66.1 Å². The van der Waals surface area contributed by atoms with Crippen LogP contribution in [0.4, 0.5) is 5.69 Å². The van der Waals surface area contributed by atoms with Gasteiger partial charge in [0.05, 0.1) is 12.4 Å². The summed E-state index contributed by atoms with van der Waals surface area (Å²) in [4.78, 5) is 26.6. The topological polar surface area (TPSA) is 89.3 Å². The number of aryl methyl sites for hydroxylation is 1. The lowest BCUT2D eigenvalue weighted by atomic mass is 10.1. The van der Waals surface area contributed by atoms with Crippen molar-refractivity contribution >= 4 is 29.3 Å². The Morgan fingerprint density at radius 2 is 1.97 bits per heavy atom. The number of carbonyl (C=O) groups excluding carboxylic acids is 2. The molecule has 0 aliphatic rings. The van der Waals surface area contributed by atoms with E-state index in [9.17, 15) is 9.59 Å². The lowest BCUT2D eigenvalue weighted by molar-refractivity contribution is -0.113. The summed E-state index contributed by atoms with van der Waals surface area (Å²) in [6.45, 7) is 1.09. The van der Waals surface area contributed by atoms with E-state index in [-0.39, 0.29) is 17.6 Å². The van der Waals surface area contributed by atoms with E-state index in [1.54, 1.807) is 47.1 Å². The predicted molar refractivity (Wildman–Crippen MR) is 120 cm³/mol. The summed E-state index contributed by atoms with van der Waals surface area (Å²) >= 11 is 1.30. The van der Waals surface area contributed by atoms with Gasteiger partial charge in [-0.15, -0.1) is 10.2 Å². The van der Waals surface area contributed by atoms with E-state index in [1.165, 1.54) is 11.8 Å². The second kappa shape index (κ2) is 11.2. The molecule has 3 aromatic rings. The molecule has 31 heavy (non-hydrogen) atoms. The first-order chi connectivity index (χ1) is 15.0. The molecule has 162 valence electrons. The van der Waals surface area contributed by atoms with Gasteiger partial charge in [-0.05, 0) is 36.8 Å². The largest absolute Gasteiger partial charge is 0.494 e. The SMILES string of the molecule is CN(CCCOc1ccccc1)C(=O)c1cccc(NC(=O)CSc2nncn2C)c1. The molecule has 0 aliphatic heterocycles. The number of anilines is 1. The second-order valence-electron chi connectivity index (χ2n) is 6.88. The third kappa shape index (κ3) is 6.85. The zero-order valence-corrected chi connectivity index (χ0v) is 18.3. The number of hydrogen-bond acceptors (Lipinski definition) is 6. The molecule has 0 radical (unpaired) electrons. The molecule has 0 spiro atoms. The standard InChI is InChI=1S/C22H25N5O3S/c1-26(12-7-13-30-19-10-4-3-5-11-19)21(29)17-8-6-9-18(14-17)24-20(28)15-31-22-25-23-16-27(22)2/h3-6,8-11,14,16H,7,12-13,15H2,1-2H3,(H,24,28). The van der Waals surface area contributed by atoms with Crippen molar-refractivity contribution in [3.8, 4) is 5.75 Å². The number of thioether (sulfide) groups is 1. The molecule has 1 N–H and O–H groups in total. The number of aromatic nitrogens is 3. The molecule has 0 bridgehead atoms. The van der Waals surface area contributed by atoms with Crippen LogP contribution in [0.25, 0.3) is 0 Å². The number of ether oxygens (including phenoxy) is 1. The molecular weight excluding hydrogens is 414 g/mol. The van der Waals surface area contributed by atoms with Crippen molar-refractivity contribution in [3.63, 3.8) is 0 Å². The van der Waals surface area contributed by atoms with Crippen LogP contribution in [0.2, 0.25) is 0 Å². The maximum absolute atomic E-state index is 12.7. The predicted octanol–water partition coefficient (Wildman–Crippen LogP) is 3.09. The Morgan fingerprint density at radius 1 is 1.16 bits per heavy atom. The molecule has 0 unspecified atom stereocenters. The highest BCUT2D eigenvalue weighted by Crippen LogP contribution is 2.16. The number of hydrogen-bond donors (Lipinski definition) is 1. The van der Waals surface area contributed by atoms with Crippen LogP contribution in [0.5, 0.6) is 5.75 Å². The van der Waals surface area contributed by atoms with Crippen LogP contribution in [-0.2, 0) is 11.8 Å². The normalized spacial score (nSPS) is 10.5. The third-order valence-corrected chi connectivity index (χ3v) is 5.43.